The number of nitrogens with two attached hydrogens (primary N) is 1. The van der Waals surface area contributed by atoms with Crippen LogP contribution in [0, 0.1) is 5.92 Å². The molecule has 2 rings (SSSR count). The molecule has 1 aliphatic heterocycles. The summed E-state index contributed by atoms with van der Waals surface area (Å²) in [4.78, 5) is 25.7. The van der Waals surface area contributed by atoms with E-state index in [4.69, 9.17) is 5.73 Å². The molecule has 1 aromatic carbocycles. The molecule has 1 aromatic rings. The van der Waals surface area contributed by atoms with E-state index in [1.165, 1.54) is 6.42 Å². The predicted octanol–water partition coefficient (Wildman–Crippen LogP) is 2.60. The molecule has 24 heavy (non-hydrogen) atoms. The van der Waals surface area contributed by atoms with Crippen LogP contribution in [-0.4, -0.2) is 36.7 Å². The lowest BCUT2D eigenvalue weighted by atomic mass is 9.95. The van der Waals surface area contributed by atoms with E-state index in [9.17, 15) is 9.59 Å². The maximum absolute atomic E-state index is 12.2. The zero-order chi connectivity index (χ0) is 17.4. The number of amides is 1. The van der Waals surface area contributed by atoms with Gasteiger partial charge in [0, 0.05) is 30.3 Å². The molecule has 1 aliphatic rings. The molecule has 5 heteroatoms. The fourth-order valence-electron chi connectivity index (χ4n) is 3.24. The Morgan fingerprint density at radius 1 is 1.33 bits per heavy atom. The van der Waals surface area contributed by atoms with Crippen LogP contribution in [0.1, 0.15) is 54.9 Å². The minimum absolute atomic E-state index is 0.120. The van der Waals surface area contributed by atoms with E-state index in [2.05, 4.69) is 17.1 Å². The Balaban J connectivity index is 1.80. The van der Waals surface area contributed by atoms with E-state index >= 15 is 0 Å². The quantitative estimate of drug-likeness (QED) is 0.436. The van der Waals surface area contributed by atoms with Crippen LogP contribution in [0.5, 0.6) is 0 Å². The number of nitrogens with one attached hydrogen (secondary N) is 1. The maximum atomic E-state index is 12.2. The van der Waals surface area contributed by atoms with Crippen molar-refractivity contribution in [1.29, 1.82) is 0 Å². The van der Waals surface area contributed by atoms with Gasteiger partial charge in [-0.25, -0.2) is 0 Å². The minimum Gasteiger partial charge on any atom is -0.398 e. The van der Waals surface area contributed by atoms with Crippen molar-refractivity contribution in [2.45, 2.75) is 45.6 Å². The third-order valence-electron chi connectivity index (χ3n) is 4.78. The van der Waals surface area contributed by atoms with Crippen LogP contribution in [0.4, 0.5) is 5.69 Å². The Morgan fingerprint density at radius 2 is 2.08 bits per heavy atom. The van der Waals surface area contributed by atoms with Crippen LogP contribution in [0.3, 0.4) is 0 Å². The van der Waals surface area contributed by atoms with Crippen LogP contribution < -0.4 is 11.1 Å². The summed E-state index contributed by atoms with van der Waals surface area (Å²) in [6, 6.07) is 5.59. The summed E-state index contributed by atoms with van der Waals surface area (Å²) in [6.07, 6.45) is 5.97. The molecule has 0 aliphatic carbocycles. The number of unbranched alkanes of at least 4 members (excludes halogenated alkanes) is 2. The number of rotatable bonds is 8. The first kappa shape index (κ1) is 18.5. The van der Waals surface area contributed by atoms with Gasteiger partial charge in [0.25, 0.3) is 0 Å². The van der Waals surface area contributed by atoms with E-state index in [-0.39, 0.29) is 11.8 Å². The van der Waals surface area contributed by atoms with Gasteiger partial charge in [-0.2, -0.15) is 0 Å². The highest BCUT2D eigenvalue weighted by atomic mass is 16.1. The van der Waals surface area contributed by atoms with E-state index in [0.29, 0.717) is 17.8 Å². The van der Waals surface area contributed by atoms with E-state index in [0.717, 1.165) is 57.2 Å². The van der Waals surface area contributed by atoms with Gasteiger partial charge in [0.05, 0.1) is 0 Å². The first-order chi connectivity index (χ1) is 11.7. The van der Waals surface area contributed by atoms with Gasteiger partial charge in [0.15, 0.2) is 6.29 Å². The SMILES string of the molecule is CCCCCNC(=O)C1CCN(Cc2cccc(N)c2C=O)CC1. The lowest BCUT2D eigenvalue weighted by Crippen LogP contribution is -2.40. The van der Waals surface area contributed by atoms with Gasteiger partial charge in [0.1, 0.15) is 0 Å². The molecule has 0 atom stereocenters. The lowest BCUT2D eigenvalue weighted by molar-refractivity contribution is -0.126. The first-order valence-corrected chi connectivity index (χ1v) is 8.98. The van der Waals surface area contributed by atoms with Gasteiger partial charge in [-0.3, -0.25) is 14.5 Å². The van der Waals surface area contributed by atoms with Crippen molar-refractivity contribution in [1.82, 2.24) is 10.2 Å². The average molecular weight is 331 g/mol. The number of nitrogen functional groups attached to an aromatic ring is 1. The van der Waals surface area contributed by atoms with Crippen molar-refractivity contribution in [3.8, 4) is 0 Å². The third kappa shape index (κ3) is 5.06. The molecule has 0 bridgehead atoms. The fraction of sp³-hybridized carbons (Fsp3) is 0.579. The van der Waals surface area contributed by atoms with Crippen molar-refractivity contribution in [2.24, 2.45) is 5.92 Å². The third-order valence-corrected chi connectivity index (χ3v) is 4.78. The smallest absolute Gasteiger partial charge is 0.223 e. The van der Waals surface area contributed by atoms with Gasteiger partial charge in [-0.05, 0) is 44.0 Å². The average Bonchev–Trinajstić information content (AvgIpc) is 2.59. The van der Waals surface area contributed by atoms with Crippen LogP contribution in [0.15, 0.2) is 18.2 Å². The highest BCUT2D eigenvalue weighted by Crippen LogP contribution is 2.22. The fourth-order valence-corrected chi connectivity index (χ4v) is 3.24. The summed E-state index contributed by atoms with van der Waals surface area (Å²) in [5, 5.41) is 3.06. The van der Waals surface area contributed by atoms with Gasteiger partial charge >= 0.3 is 0 Å². The highest BCUT2D eigenvalue weighted by molar-refractivity contribution is 5.85. The number of anilines is 1. The Kier molecular flexibility index (Phi) is 7.25. The predicted molar refractivity (Wildman–Crippen MR) is 96.8 cm³/mol. The van der Waals surface area contributed by atoms with Crippen molar-refractivity contribution in [3.05, 3.63) is 29.3 Å². The van der Waals surface area contributed by atoms with Crippen molar-refractivity contribution >= 4 is 17.9 Å². The number of piperidine rings is 1. The Bertz CT molecular complexity index is 552. The Morgan fingerprint density at radius 3 is 2.75 bits per heavy atom. The lowest BCUT2D eigenvalue weighted by Gasteiger charge is -2.31. The second kappa shape index (κ2) is 9.42. The monoisotopic (exact) mass is 331 g/mol. The molecule has 132 valence electrons. The Hall–Kier alpha value is -1.88. The number of hydrogen-bond donors (Lipinski definition) is 2. The van der Waals surface area contributed by atoms with E-state index in [1.807, 2.05) is 12.1 Å². The van der Waals surface area contributed by atoms with Crippen LogP contribution in [0.2, 0.25) is 0 Å². The summed E-state index contributed by atoms with van der Waals surface area (Å²) < 4.78 is 0. The zero-order valence-electron chi connectivity index (χ0n) is 14.6. The number of carbonyl (C=O) groups is 2. The standard InChI is InChI=1S/C19H29N3O2/c1-2-3-4-10-21-19(24)15-8-11-22(12-9-15)13-16-6-5-7-18(20)17(16)14-23/h5-7,14-15H,2-4,8-13,20H2,1H3,(H,21,24). The number of carbonyl (C=O) groups excluding carboxylic acids is 2. The second-order valence-electron chi connectivity index (χ2n) is 6.59. The number of aldehydes is 1. The highest BCUT2D eigenvalue weighted by Gasteiger charge is 2.25. The minimum atomic E-state index is 0.120. The molecule has 0 saturated carbocycles. The Labute approximate surface area is 144 Å². The number of likely N-dealkylation sites (tertiary alicyclic amines) is 1. The zero-order valence-corrected chi connectivity index (χ0v) is 14.6. The van der Waals surface area contributed by atoms with Crippen LogP contribution in [-0.2, 0) is 11.3 Å². The summed E-state index contributed by atoms with van der Waals surface area (Å²) in [5.74, 6) is 0.317. The molecule has 1 fully saturated rings. The maximum Gasteiger partial charge on any atom is 0.223 e. The molecule has 0 radical (unpaired) electrons. The summed E-state index contributed by atoms with van der Waals surface area (Å²) in [6.45, 7) is 5.41. The molecule has 3 N–H and O–H groups in total. The number of benzene rings is 1. The second-order valence-corrected chi connectivity index (χ2v) is 6.59. The van der Waals surface area contributed by atoms with Gasteiger partial charge in [0.2, 0.25) is 5.91 Å². The molecule has 0 aromatic heterocycles. The van der Waals surface area contributed by atoms with Gasteiger partial charge in [-0.15, -0.1) is 0 Å². The van der Waals surface area contributed by atoms with Crippen molar-refractivity contribution in [2.75, 3.05) is 25.4 Å². The van der Waals surface area contributed by atoms with Crippen LogP contribution in [0.25, 0.3) is 0 Å². The van der Waals surface area contributed by atoms with Gasteiger partial charge in [-0.1, -0.05) is 31.9 Å². The molecule has 1 heterocycles. The normalized spacial score (nSPS) is 16.0. The molecular formula is C19H29N3O2. The topological polar surface area (TPSA) is 75.4 Å². The summed E-state index contributed by atoms with van der Waals surface area (Å²) >= 11 is 0. The van der Waals surface area contributed by atoms with E-state index in [1.54, 1.807) is 6.07 Å². The molecule has 1 amide bonds. The molecule has 1 saturated heterocycles. The molecule has 0 spiro atoms. The molecule has 0 unspecified atom stereocenters. The first-order valence-electron chi connectivity index (χ1n) is 8.98. The van der Waals surface area contributed by atoms with Crippen molar-refractivity contribution in [3.63, 3.8) is 0 Å². The molecule has 5 nitrogen and oxygen atoms in total. The summed E-state index contributed by atoms with van der Waals surface area (Å²) in [5.41, 5.74) is 7.95. The number of hydrogen-bond acceptors (Lipinski definition) is 4. The largest absolute Gasteiger partial charge is 0.398 e. The van der Waals surface area contributed by atoms with Crippen molar-refractivity contribution < 1.29 is 9.59 Å². The van der Waals surface area contributed by atoms with E-state index < -0.39 is 0 Å². The van der Waals surface area contributed by atoms with Gasteiger partial charge < -0.3 is 11.1 Å². The number of nitrogens with zero attached hydrogens (tertiary/aromatic N) is 1. The summed E-state index contributed by atoms with van der Waals surface area (Å²) in [7, 11) is 0. The molecular weight excluding hydrogens is 302 g/mol. The van der Waals surface area contributed by atoms with Crippen LogP contribution >= 0.6 is 0 Å².